The summed E-state index contributed by atoms with van der Waals surface area (Å²) in [5, 5.41) is 24.2. The van der Waals surface area contributed by atoms with Crippen molar-refractivity contribution < 1.29 is 0 Å². The number of nitrogens with zero attached hydrogens (tertiary/aromatic N) is 2. The van der Waals surface area contributed by atoms with E-state index in [2.05, 4.69) is 26.6 Å². The number of rotatable bonds is 2. The van der Waals surface area contributed by atoms with Gasteiger partial charge in [0, 0.05) is 39.3 Å². The minimum Gasteiger partial charge on any atom is -0.360 e. The molecule has 0 bridgehead atoms. The normalized spacial score (nSPS) is 15.6. The lowest BCUT2D eigenvalue weighted by Gasteiger charge is -2.30. The Hall–Kier alpha value is -3.72. The molecule has 5 nitrogen and oxygen atoms in total. The number of halogens is 2. The summed E-state index contributed by atoms with van der Waals surface area (Å²) in [6, 6.07) is 20.1. The number of para-hydroxylation sites is 1. The van der Waals surface area contributed by atoms with Crippen LogP contribution in [0.1, 0.15) is 22.6 Å². The number of hydrogen-bond acceptors (Lipinski definition) is 3. The zero-order chi connectivity index (χ0) is 21.8. The number of nitriles is 1. The second kappa shape index (κ2) is 7.16. The van der Waals surface area contributed by atoms with Crippen LogP contribution in [-0.2, 0) is 0 Å². The Morgan fingerprint density at radius 3 is 2.72 bits per heavy atom. The van der Waals surface area contributed by atoms with Gasteiger partial charge in [-0.2, -0.15) is 10.4 Å². The zero-order valence-corrected chi connectivity index (χ0v) is 18.1. The van der Waals surface area contributed by atoms with Crippen molar-refractivity contribution >= 4 is 56.4 Å². The molecule has 5 aromatic rings. The number of hydrogen-bond donors (Lipinski definition) is 3. The summed E-state index contributed by atoms with van der Waals surface area (Å²) in [6.07, 6.45) is 3.72. The predicted octanol–water partition coefficient (Wildman–Crippen LogP) is 6.84. The number of anilines is 1. The smallest absolute Gasteiger partial charge is 0.0979 e. The third-order valence-corrected chi connectivity index (χ3v) is 6.76. The van der Waals surface area contributed by atoms with Crippen LogP contribution in [0.15, 0.2) is 72.6 Å². The SMILES string of the molecule is N#CC1=C(c2c[nH]c3ccccc23)Nc2ccc3cn[nH]c3c2C1c1ccc(Cl)c(Cl)c1. The van der Waals surface area contributed by atoms with Crippen LogP contribution in [0.5, 0.6) is 0 Å². The molecule has 154 valence electrons. The Kier molecular flexibility index (Phi) is 4.25. The molecule has 3 aromatic carbocycles. The molecule has 0 aliphatic carbocycles. The average molecular weight is 456 g/mol. The Labute approximate surface area is 193 Å². The maximum atomic E-state index is 10.4. The van der Waals surface area contributed by atoms with Crippen molar-refractivity contribution in [3.63, 3.8) is 0 Å². The number of aromatic nitrogens is 3. The molecular formula is C25H15Cl2N5. The van der Waals surface area contributed by atoms with E-state index in [1.807, 2.05) is 54.7 Å². The van der Waals surface area contributed by atoms with Crippen molar-refractivity contribution in [1.82, 2.24) is 15.2 Å². The first kappa shape index (κ1) is 19.0. The number of fused-ring (bicyclic) bond motifs is 4. The molecule has 0 fully saturated rings. The Balaban J connectivity index is 1.69. The van der Waals surface area contributed by atoms with Crippen molar-refractivity contribution in [1.29, 1.82) is 5.26 Å². The highest BCUT2D eigenvalue weighted by Crippen LogP contribution is 2.48. The van der Waals surface area contributed by atoms with Crippen molar-refractivity contribution in [2.24, 2.45) is 0 Å². The maximum absolute atomic E-state index is 10.4. The van der Waals surface area contributed by atoms with Gasteiger partial charge >= 0.3 is 0 Å². The van der Waals surface area contributed by atoms with E-state index in [0.29, 0.717) is 15.6 Å². The van der Waals surface area contributed by atoms with Gasteiger partial charge < -0.3 is 10.3 Å². The van der Waals surface area contributed by atoms with Crippen LogP contribution in [-0.4, -0.2) is 15.2 Å². The van der Waals surface area contributed by atoms with E-state index in [0.717, 1.165) is 49.9 Å². The minimum absolute atomic E-state index is 0.348. The lowest BCUT2D eigenvalue weighted by Crippen LogP contribution is -2.18. The molecule has 3 N–H and O–H groups in total. The van der Waals surface area contributed by atoms with Gasteiger partial charge in [-0.05, 0) is 35.9 Å². The van der Waals surface area contributed by atoms with Crippen LogP contribution < -0.4 is 5.32 Å². The summed E-state index contributed by atoms with van der Waals surface area (Å²) < 4.78 is 0. The molecular weight excluding hydrogens is 441 g/mol. The van der Waals surface area contributed by atoms with Crippen molar-refractivity contribution in [2.75, 3.05) is 5.32 Å². The Morgan fingerprint density at radius 1 is 1.00 bits per heavy atom. The molecule has 0 radical (unpaired) electrons. The van der Waals surface area contributed by atoms with Crippen molar-refractivity contribution in [2.45, 2.75) is 5.92 Å². The number of benzene rings is 3. The van der Waals surface area contributed by atoms with Gasteiger partial charge in [0.2, 0.25) is 0 Å². The van der Waals surface area contributed by atoms with E-state index in [1.165, 1.54) is 0 Å². The summed E-state index contributed by atoms with van der Waals surface area (Å²) in [5.74, 6) is -0.348. The summed E-state index contributed by atoms with van der Waals surface area (Å²) in [5.41, 5.74) is 6.97. The van der Waals surface area contributed by atoms with Gasteiger partial charge in [-0.1, -0.05) is 47.5 Å². The van der Waals surface area contributed by atoms with Gasteiger partial charge in [0.25, 0.3) is 0 Å². The van der Waals surface area contributed by atoms with E-state index < -0.39 is 0 Å². The molecule has 0 amide bonds. The lowest BCUT2D eigenvalue weighted by molar-refractivity contribution is 0.971. The van der Waals surface area contributed by atoms with Crippen LogP contribution in [0.4, 0.5) is 5.69 Å². The highest BCUT2D eigenvalue weighted by molar-refractivity contribution is 6.42. The van der Waals surface area contributed by atoms with Gasteiger partial charge in [-0.15, -0.1) is 0 Å². The molecule has 3 heterocycles. The van der Waals surface area contributed by atoms with Crippen LogP contribution in [0.2, 0.25) is 10.0 Å². The third-order valence-electron chi connectivity index (χ3n) is 6.02. The van der Waals surface area contributed by atoms with Gasteiger partial charge in [-0.3, -0.25) is 5.10 Å². The van der Waals surface area contributed by atoms with Gasteiger partial charge in [0.05, 0.1) is 45.0 Å². The molecule has 1 aliphatic heterocycles. The first-order chi connectivity index (χ1) is 15.7. The van der Waals surface area contributed by atoms with Crippen LogP contribution in [0.25, 0.3) is 27.5 Å². The monoisotopic (exact) mass is 455 g/mol. The maximum Gasteiger partial charge on any atom is 0.0979 e. The number of nitrogens with one attached hydrogen (secondary N) is 3. The first-order valence-electron chi connectivity index (χ1n) is 10.0. The molecule has 1 atom stereocenters. The molecule has 0 spiro atoms. The first-order valence-corrected chi connectivity index (χ1v) is 10.8. The third kappa shape index (κ3) is 2.74. The molecule has 1 aliphatic rings. The Morgan fingerprint density at radius 2 is 1.88 bits per heavy atom. The number of H-pyrrole nitrogens is 2. The van der Waals surface area contributed by atoms with Crippen molar-refractivity contribution in [3.05, 3.63) is 99.3 Å². The molecule has 7 heteroatoms. The summed E-state index contributed by atoms with van der Waals surface area (Å²) in [6.45, 7) is 0. The zero-order valence-electron chi connectivity index (χ0n) is 16.6. The number of allylic oxidation sites excluding steroid dienone is 1. The van der Waals surface area contributed by atoms with Gasteiger partial charge in [-0.25, -0.2) is 0 Å². The molecule has 32 heavy (non-hydrogen) atoms. The fourth-order valence-corrected chi connectivity index (χ4v) is 4.88. The molecule has 1 unspecified atom stereocenters. The van der Waals surface area contributed by atoms with Gasteiger partial charge in [0.1, 0.15) is 0 Å². The standard InChI is InChI=1S/C25H15Cl2N5/c26-18-7-5-13(9-19(18)27)22-16(10-28)25(17-12-29-20-4-2-1-3-15(17)20)31-21-8-6-14-11-30-32-24(14)23(21)22/h1-9,11-12,22,29,31H,(H,30,32). The van der Waals surface area contributed by atoms with E-state index >= 15 is 0 Å². The van der Waals surface area contributed by atoms with Crippen LogP contribution >= 0.6 is 23.2 Å². The number of aromatic amines is 2. The fraction of sp³-hybridized carbons (Fsp3) is 0.0400. The summed E-state index contributed by atoms with van der Waals surface area (Å²) >= 11 is 12.6. The predicted molar refractivity (Wildman–Crippen MR) is 129 cm³/mol. The fourth-order valence-electron chi connectivity index (χ4n) is 4.57. The van der Waals surface area contributed by atoms with Crippen LogP contribution in [0.3, 0.4) is 0 Å². The second-order valence-electron chi connectivity index (χ2n) is 7.74. The molecule has 0 saturated heterocycles. The average Bonchev–Trinajstić information content (AvgIpc) is 3.46. The molecule has 0 saturated carbocycles. The van der Waals surface area contributed by atoms with E-state index in [-0.39, 0.29) is 5.92 Å². The van der Waals surface area contributed by atoms with Gasteiger partial charge in [0.15, 0.2) is 0 Å². The quantitative estimate of drug-likeness (QED) is 0.272. The van der Waals surface area contributed by atoms with Crippen LogP contribution in [0, 0.1) is 11.3 Å². The summed E-state index contributed by atoms with van der Waals surface area (Å²) in [7, 11) is 0. The highest BCUT2D eigenvalue weighted by atomic mass is 35.5. The second-order valence-corrected chi connectivity index (χ2v) is 8.56. The summed E-state index contributed by atoms with van der Waals surface area (Å²) in [4.78, 5) is 3.31. The lowest BCUT2D eigenvalue weighted by atomic mass is 9.79. The van der Waals surface area contributed by atoms with Crippen molar-refractivity contribution in [3.8, 4) is 6.07 Å². The largest absolute Gasteiger partial charge is 0.360 e. The van der Waals surface area contributed by atoms with E-state index in [1.54, 1.807) is 12.3 Å². The molecule has 2 aromatic heterocycles. The Bertz CT molecular complexity index is 1600. The minimum atomic E-state index is -0.348. The van der Waals surface area contributed by atoms with E-state index in [4.69, 9.17) is 23.2 Å². The molecule has 6 rings (SSSR count). The highest BCUT2D eigenvalue weighted by Gasteiger charge is 2.33. The topological polar surface area (TPSA) is 80.3 Å². The van der Waals surface area contributed by atoms with E-state index in [9.17, 15) is 5.26 Å².